The maximum Gasteiger partial charge on any atom is 0.0409 e. The molecule has 0 aliphatic carbocycles. The lowest BCUT2D eigenvalue weighted by molar-refractivity contribution is 0.205. The molecule has 2 N–H and O–H groups in total. The molecule has 0 radical (unpaired) electrons. The molecule has 1 aliphatic rings. The molecule has 2 rings (SSSR count). The van der Waals surface area contributed by atoms with Gasteiger partial charge in [-0.3, -0.25) is 4.90 Å². The summed E-state index contributed by atoms with van der Waals surface area (Å²) in [5.74, 6) is 0. The van der Waals surface area contributed by atoms with Crippen molar-refractivity contribution in [1.29, 1.82) is 0 Å². The van der Waals surface area contributed by atoms with E-state index < -0.39 is 0 Å². The van der Waals surface area contributed by atoms with Crippen molar-refractivity contribution in [1.82, 2.24) is 4.90 Å². The third-order valence-corrected chi connectivity index (χ3v) is 3.16. The molecule has 0 unspecified atom stereocenters. The van der Waals surface area contributed by atoms with Crippen molar-refractivity contribution in [2.75, 3.05) is 13.1 Å². The highest BCUT2D eigenvalue weighted by molar-refractivity contribution is 6.30. The fourth-order valence-electron chi connectivity index (χ4n) is 2.00. The normalized spacial score (nSPS) is 19.3. The average Bonchev–Trinajstić information content (AvgIpc) is 2.22. The fourth-order valence-corrected chi connectivity index (χ4v) is 2.22. The van der Waals surface area contributed by atoms with Gasteiger partial charge in [0.05, 0.1) is 0 Å². The van der Waals surface area contributed by atoms with Crippen LogP contribution in [0.2, 0.25) is 5.02 Å². The molecule has 2 nitrogen and oxygen atoms in total. The fraction of sp³-hybridized carbons (Fsp3) is 0.500. The Hall–Kier alpha value is -0.570. The van der Waals surface area contributed by atoms with Gasteiger partial charge in [0.25, 0.3) is 0 Å². The summed E-state index contributed by atoms with van der Waals surface area (Å²) in [6, 6.07) is 8.49. The van der Waals surface area contributed by atoms with Gasteiger partial charge in [0.1, 0.15) is 0 Å². The molecular weight excluding hydrogens is 208 g/mol. The summed E-state index contributed by atoms with van der Waals surface area (Å²) >= 11 is 5.95. The molecule has 0 saturated carbocycles. The number of benzene rings is 1. The van der Waals surface area contributed by atoms with Crippen LogP contribution in [0.15, 0.2) is 24.3 Å². The van der Waals surface area contributed by atoms with Crippen molar-refractivity contribution in [2.24, 2.45) is 5.73 Å². The van der Waals surface area contributed by atoms with E-state index in [1.54, 1.807) is 0 Å². The molecule has 1 aromatic rings. The number of likely N-dealkylation sites (tertiary alicyclic amines) is 1. The molecule has 1 heterocycles. The third kappa shape index (κ3) is 3.20. The van der Waals surface area contributed by atoms with Gasteiger partial charge in [-0.15, -0.1) is 0 Å². The molecule has 1 saturated heterocycles. The summed E-state index contributed by atoms with van der Waals surface area (Å²) in [5, 5.41) is 0.821. The second-order valence-electron chi connectivity index (χ2n) is 4.24. The summed E-state index contributed by atoms with van der Waals surface area (Å²) in [6.45, 7) is 3.20. The average molecular weight is 225 g/mol. The van der Waals surface area contributed by atoms with Crippen LogP contribution in [-0.4, -0.2) is 24.0 Å². The first-order valence-electron chi connectivity index (χ1n) is 5.46. The number of hydrogen-bond donors (Lipinski definition) is 1. The van der Waals surface area contributed by atoms with E-state index >= 15 is 0 Å². The molecule has 15 heavy (non-hydrogen) atoms. The van der Waals surface area contributed by atoms with Gasteiger partial charge in [0.15, 0.2) is 0 Å². The minimum atomic E-state index is 0.403. The van der Waals surface area contributed by atoms with E-state index in [0.717, 1.165) is 37.5 Å². The summed E-state index contributed by atoms with van der Waals surface area (Å²) in [4.78, 5) is 2.44. The van der Waals surface area contributed by atoms with Crippen LogP contribution in [0.1, 0.15) is 18.4 Å². The number of piperidine rings is 1. The van der Waals surface area contributed by atoms with Crippen LogP contribution < -0.4 is 5.73 Å². The predicted octanol–water partition coefficient (Wildman–Crippen LogP) is 2.26. The van der Waals surface area contributed by atoms with Crippen LogP contribution in [-0.2, 0) is 6.54 Å². The van der Waals surface area contributed by atoms with Crippen LogP contribution in [0, 0.1) is 0 Å². The van der Waals surface area contributed by atoms with Crippen molar-refractivity contribution >= 4 is 11.6 Å². The van der Waals surface area contributed by atoms with E-state index in [9.17, 15) is 0 Å². The third-order valence-electron chi connectivity index (χ3n) is 2.93. The van der Waals surface area contributed by atoms with E-state index in [4.69, 9.17) is 17.3 Å². The van der Waals surface area contributed by atoms with E-state index in [1.165, 1.54) is 5.56 Å². The van der Waals surface area contributed by atoms with Crippen molar-refractivity contribution < 1.29 is 0 Å². The van der Waals surface area contributed by atoms with Gasteiger partial charge in [-0.2, -0.15) is 0 Å². The van der Waals surface area contributed by atoms with Crippen molar-refractivity contribution in [3.05, 3.63) is 34.9 Å². The summed E-state index contributed by atoms with van der Waals surface area (Å²) in [5.41, 5.74) is 7.16. The summed E-state index contributed by atoms with van der Waals surface area (Å²) < 4.78 is 0. The van der Waals surface area contributed by atoms with Crippen molar-refractivity contribution in [3.8, 4) is 0 Å². The van der Waals surface area contributed by atoms with E-state index in [0.29, 0.717) is 6.04 Å². The Bertz CT molecular complexity index is 319. The van der Waals surface area contributed by atoms with Crippen molar-refractivity contribution in [3.63, 3.8) is 0 Å². The van der Waals surface area contributed by atoms with Crippen LogP contribution in [0.5, 0.6) is 0 Å². The Kier molecular flexibility index (Phi) is 3.62. The monoisotopic (exact) mass is 224 g/mol. The lowest BCUT2D eigenvalue weighted by Gasteiger charge is -2.30. The van der Waals surface area contributed by atoms with Crippen molar-refractivity contribution in [2.45, 2.75) is 25.4 Å². The highest BCUT2D eigenvalue weighted by Gasteiger charge is 2.15. The van der Waals surface area contributed by atoms with Crippen LogP contribution in [0.3, 0.4) is 0 Å². The zero-order chi connectivity index (χ0) is 10.7. The number of nitrogens with two attached hydrogens (primary N) is 1. The Morgan fingerprint density at radius 2 is 2.07 bits per heavy atom. The minimum Gasteiger partial charge on any atom is -0.328 e. The molecule has 1 fully saturated rings. The lowest BCUT2D eigenvalue weighted by Crippen LogP contribution is -2.39. The Morgan fingerprint density at radius 1 is 1.33 bits per heavy atom. The molecule has 0 atom stereocenters. The highest BCUT2D eigenvalue weighted by atomic mass is 35.5. The quantitative estimate of drug-likeness (QED) is 0.835. The van der Waals surface area contributed by atoms with E-state index in [2.05, 4.69) is 11.0 Å². The first kappa shape index (κ1) is 10.9. The molecule has 82 valence electrons. The molecule has 0 spiro atoms. The smallest absolute Gasteiger partial charge is 0.0409 e. The summed E-state index contributed by atoms with van der Waals surface area (Å²) in [6.07, 6.45) is 2.22. The Balaban J connectivity index is 1.92. The number of rotatable bonds is 2. The first-order chi connectivity index (χ1) is 7.24. The standard InChI is InChI=1S/C12H17ClN2/c13-11-3-1-2-10(8-11)9-15-6-4-12(14)5-7-15/h1-3,8,12H,4-7,9,14H2. The second kappa shape index (κ2) is 4.97. The van der Waals surface area contributed by atoms with Gasteiger partial charge < -0.3 is 5.73 Å². The van der Waals surface area contributed by atoms with E-state index in [1.807, 2.05) is 18.2 Å². The molecule has 0 aromatic heterocycles. The van der Waals surface area contributed by atoms with Gasteiger partial charge in [0, 0.05) is 17.6 Å². The summed E-state index contributed by atoms with van der Waals surface area (Å²) in [7, 11) is 0. The molecule has 0 amide bonds. The van der Waals surface area contributed by atoms with Crippen LogP contribution >= 0.6 is 11.6 Å². The lowest BCUT2D eigenvalue weighted by atomic mass is 10.1. The second-order valence-corrected chi connectivity index (χ2v) is 4.68. The number of halogens is 1. The first-order valence-corrected chi connectivity index (χ1v) is 5.84. The van der Waals surface area contributed by atoms with Crippen LogP contribution in [0.4, 0.5) is 0 Å². The zero-order valence-electron chi connectivity index (χ0n) is 8.82. The predicted molar refractivity (Wildman–Crippen MR) is 63.9 cm³/mol. The van der Waals surface area contributed by atoms with E-state index in [-0.39, 0.29) is 0 Å². The van der Waals surface area contributed by atoms with Gasteiger partial charge >= 0.3 is 0 Å². The van der Waals surface area contributed by atoms with Gasteiger partial charge in [-0.25, -0.2) is 0 Å². The zero-order valence-corrected chi connectivity index (χ0v) is 9.58. The topological polar surface area (TPSA) is 29.3 Å². The van der Waals surface area contributed by atoms with Gasteiger partial charge in [0.2, 0.25) is 0 Å². The van der Waals surface area contributed by atoms with Gasteiger partial charge in [-0.1, -0.05) is 23.7 Å². The maximum absolute atomic E-state index is 5.95. The minimum absolute atomic E-state index is 0.403. The molecular formula is C12H17ClN2. The molecule has 1 aliphatic heterocycles. The number of hydrogen-bond acceptors (Lipinski definition) is 2. The largest absolute Gasteiger partial charge is 0.328 e. The molecule has 3 heteroatoms. The number of nitrogens with zero attached hydrogens (tertiary/aromatic N) is 1. The molecule has 0 bridgehead atoms. The Morgan fingerprint density at radius 3 is 2.73 bits per heavy atom. The highest BCUT2D eigenvalue weighted by Crippen LogP contribution is 2.15. The SMILES string of the molecule is NC1CCN(Cc2cccc(Cl)c2)CC1. The maximum atomic E-state index is 5.95. The van der Waals surface area contributed by atoms with Gasteiger partial charge in [-0.05, 0) is 43.6 Å². The Labute approximate surface area is 96.0 Å². The molecule has 1 aromatic carbocycles. The van der Waals surface area contributed by atoms with Crippen LogP contribution in [0.25, 0.3) is 0 Å².